The summed E-state index contributed by atoms with van der Waals surface area (Å²) < 4.78 is 5.02. The number of hydrogen-bond acceptors (Lipinski definition) is 4. The Morgan fingerprint density at radius 2 is 2.00 bits per heavy atom. The van der Waals surface area contributed by atoms with Gasteiger partial charge < -0.3 is 15.2 Å². The third-order valence-electron chi connectivity index (χ3n) is 2.42. The van der Waals surface area contributed by atoms with Crippen molar-refractivity contribution in [1.29, 1.82) is 0 Å². The molecular weight excluding hydrogens is 218 g/mol. The largest absolute Gasteiger partial charge is 0.361 e. The number of aromatic nitrogens is 1. The third kappa shape index (κ3) is 4.56. The molecule has 0 aliphatic carbocycles. The maximum atomic E-state index is 11.6. The summed E-state index contributed by atoms with van der Waals surface area (Å²) in [4.78, 5) is 11.6. The number of nitrogens with zero attached hydrogens (tertiary/aromatic N) is 1. The minimum absolute atomic E-state index is 0.0278. The first-order valence-electron chi connectivity index (χ1n) is 5.73. The van der Waals surface area contributed by atoms with Crippen molar-refractivity contribution in [2.75, 3.05) is 6.54 Å². The van der Waals surface area contributed by atoms with E-state index in [0.29, 0.717) is 13.1 Å². The van der Waals surface area contributed by atoms with Crippen LogP contribution < -0.4 is 10.6 Å². The molecule has 1 aromatic rings. The molecule has 1 amide bonds. The Morgan fingerprint density at radius 1 is 1.35 bits per heavy atom. The Morgan fingerprint density at radius 3 is 2.47 bits per heavy atom. The van der Waals surface area contributed by atoms with Crippen molar-refractivity contribution >= 4 is 5.91 Å². The van der Waals surface area contributed by atoms with Crippen molar-refractivity contribution in [3.8, 4) is 0 Å². The van der Waals surface area contributed by atoms with Crippen molar-refractivity contribution in [3.05, 3.63) is 17.0 Å². The summed E-state index contributed by atoms with van der Waals surface area (Å²) in [6, 6.07) is 0. The van der Waals surface area contributed by atoms with Crippen LogP contribution in [-0.2, 0) is 11.3 Å². The van der Waals surface area contributed by atoms with E-state index in [1.165, 1.54) is 0 Å². The zero-order chi connectivity index (χ0) is 13.1. The summed E-state index contributed by atoms with van der Waals surface area (Å²) in [5.41, 5.74) is 1.72. The Labute approximate surface area is 102 Å². The normalized spacial score (nSPS) is 11.6. The summed E-state index contributed by atoms with van der Waals surface area (Å²) in [7, 11) is 0. The molecule has 0 unspecified atom stereocenters. The second-order valence-corrected chi connectivity index (χ2v) is 5.18. The van der Waals surface area contributed by atoms with Crippen LogP contribution in [0, 0.1) is 13.8 Å². The van der Waals surface area contributed by atoms with Gasteiger partial charge in [0.1, 0.15) is 5.76 Å². The van der Waals surface area contributed by atoms with Crippen LogP contribution in [-0.4, -0.2) is 23.1 Å². The van der Waals surface area contributed by atoms with Gasteiger partial charge in [-0.3, -0.25) is 4.79 Å². The van der Waals surface area contributed by atoms with Crippen molar-refractivity contribution in [3.63, 3.8) is 0 Å². The van der Waals surface area contributed by atoms with E-state index in [1.54, 1.807) is 0 Å². The lowest BCUT2D eigenvalue weighted by atomic mass is 10.1. The molecule has 0 fully saturated rings. The average molecular weight is 239 g/mol. The fourth-order valence-corrected chi connectivity index (χ4v) is 1.35. The van der Waals surface area contributed by atoms with Gasteiger partial charge >= 0.3 is 0 Å². The van der Waals surface area contributed by atoms with Crippen molar-refractivity contribution < 1.29 is 9.32 Å². The van der Waals surface area contributed by atoms with Gasteiger partial charge in [0.25, 0.3) is 0 Å². The van der Waals surface area contributed by atoms with Crippen molar-refractivity contribution in [2.45, 2.75) is 46.7 Å². The summed E-state index contributed by atoms with van der Waals surface area (Å²) >= 11 is 0. The zero-order valence-corrected chi connectivity index (χ0v) is 11.2. The highest BCUT2D eigenvalue weighted by Crippen LogP contribution is 2.11. The fourth-order valence-electron chi connectivity index (χ4n) is 1.35. The van der Waals surface area contributed by atoms with Gasteiger partial charge in [-0.2, -0.15) is 0 Å². The number of rotatable bonds is 4. The second kappa shape index (κ2) is 5.31. The van der Waals surface area contributed by atoms with Gasteiger partial charge in [-0.1, -0.05) is 5.16 Å². The second-order valence-electron chi connectivity index (χ2n) is 5.18. The quantitative estimate of drug-likeness (QED) is 0.831. The highest BCUT2D eigenvalue weighted by atomic mass is 16.5. The van der Waals surface area contributed by atoms with E-state index in [4.69, 9.17) is 4.52 Å². The Hall–Kier alpha value is -1.36. The van der Waals surface area contributed by atoms with Crippen LogP contribution in [0.15, 0.2) is 4.52 Å². The zero-order valence-electron chi connectivity index (χ0n) is 11.2. The maximum absolute atomic E-state index is 11.6. The van der Waals surface area contributed by atoms with Gasteiger partial charge in [-0.25, -0.2) is 0 Å². The average Bonchev–Trinajstić information content (AvgIpc) is 2.52. The molecule has 1 aromatic heterocycles. The molecule has 0 aliphatic rings. The lowest BCUT2D eigenvalue weighted by Crippen LogP contribution is -2.43. The molecule has 1 rings (SSSR count). The predicted molar refractivity (Wildman–Crippen MR) is 65.6 cm³/mol. The van der Waals surface area contributed by atoms with E-state index in [1.807, 2.05) is 34.6 Å². The SMILES string of the molecule is Cc1noc(C)c1CNC(=O)CNC(C)(C)C. The molecule has 5 nitrogen and oxygen atoms in total. The Bertz CT molecular complexity index is 371. The lowest BCUT2D eigenvalue weighted by molar-refractivity contribution is -0.120. The van der Waals surface area contributed by atoms with Crippen LogP contribution >= 0.6 is 0 Å². The first-order valence-corrected chi connectivity index (χ1v) is 5.73. The highest BCUT2D eigenvalue weighted by molar-refractivity contribution is 5.78. The number of amides is 1. The molecule has 0 aliphatic heterocycles. The van der Waals surface area contributed by atoms with Gasteiger partial charge in [-0.05, 0) is 34.6 Å². The van der Waals surface area contributed by atoms with E-state index in [2.05, 4.69) is 15.8 Å². The van der Waals surface area contributed by atoms with Crippen LogP contribution in [0.1, 0.15) is 37.8 Å². The minimum atomic E-state index is -0.0552. The first kappa shape index (κ1) is 13.7. The molecule has 1 heterocycles. The standard InChI is InChI=1S/C12H21N3O2/c1-8-10(9(2)17-15-8)6-13-11(16)7-14-12(3,4)5/h14H,6-7H2,1-5H3,(H,13,16). The molecule has 17 heavy (non-hydrogen) atoms. The topological polar surface area (TPSA) is 67.2 Å². The molecular formula is C12H21N3O2. The number of nitrogens with one attached hydrogen (secondary N) is 2. The van der Waals surface area contributed by atoms with Gasteiger partial charge in [0.05, 0.1) is 12.2 Å². The molecule has 0 atom stereocenters. The van der Waals surface area contributed by atoms with E-state index >= 15 is 0 Å². The van der Waals surface area contributed by atoms with E-state index < -0.39 is 0 Å². The van der Waals surface area contributed by atoms with Crippen LogP contribution in [0.2, 0.25) is 0 Å². The molecule has 0 spiro atoms. The molecule has 2 N–H and O–H groups in total. The van der Waals surface area contributed by atoms with Gasteiger partial charge in [0.2, 0.25) is 5.91 Å². The van der Waals surface area contributed by atoms with E-state index in [0.717, 1.165) is 17.0 Å². The highest BCUT2D eigenvalue weighted by Gasteiger charge is 2.13. The number of carbonyl (C=O) groups excluding carboxylic acids is 1. The molecule has 0 saturated carbocycles. The predicted octanol–water partition coefficient (Wildman–Crippen LogP) is 1.30. The Balaban J connectivity index is 2.39. The first-order chi connectivity index (χ1) is 7.79. The molecule has 0 bridgehead atoms. The maximum Gasteiger partial charge on any atom is 0.234 e. The smallest absolute Gasteiger partial charge is 0.234 e. The van der Waals surface area contributed by atoms with E-state index in [9.17, 15) is 4.79 Å². The monoisotopic (exact) mass is 239 g/mol. The molecule has 0 aromatic carbocycles. The van der Waals surface area contributed by atoms with Gasteiger partial charge in [0, 0.05) is 17.6 Å². The number of carbonyl (C=O) groups is 1. The fraction of sp³-hybridized carbons (Fsp3) is 0.667. The molecule has 0 saturated heterocycles. The molecule has 5 heteroatoms. The molecule has 96 valence electrons. The lowest BCUT2D eigenvalue weighted by Gasteiger charge is -2.19. The number of hydrogen-bond donors (Lipinski definition) is 2. The van der Waals surface area contributed by atoms with Crippen molar-refractivity contribution in [1.82, 2.24) is 15.8 Å². The van der Waals surface area contributed by atoms with Crippen LogP contribution in [0.5, 0.6) is 0 Å². The van der Waals surface area contributed by atoms with E-state index in [-0.39, 0.29) is 11.4 Å². The summed E-state index contributed by atoms with van der Waals surface area (Å²) in [5, 5.41) is 9.81. The Kier molecular flexibility index (Phi) is 4.28. The molecule has 0 radical (unpaired) electrons. The minimum Gasteiger partial charge on any atom is -0.361 e. The van der Waals surface area contributed by atoms with Crippen LogP contribution in [0.25, 0.3) is 0 Å². The van der Waals surface area contributed by atoms with Gasteiger partial charge in [-0.15, -0.1) is 0 Å². The number of aryl methyl sites for hydroxylation is 2. The van der Waals surface area contributed by atoms with Gasteiger partial charge in [0.15, 0.2) is 0 Å². The summed E-state index contributed by atoms with van der Waals surface area (Å²) in [5.74, 6) is 0.728. The third-order valence-corrected chi connectivity index (χ3v) is 2.42. The van der Waals surface area contributed by atoms with Crippen molar-refractivity contribution in [2.24, 2.45) is 0 Å². The van der Waals surface area contributed by atoms with Crippen LogP contribution in [0.3, 0.4) is 0 Å². The van der Waals surface area contributed by atoms with Crippen LogP contribution in [0.4, 0.5) is 0 Å². The summed E-state index contributed by atoms with van der Waals surface area (Å²) in [6.45, 7) is 10.6. The summed E-state index contributed by atoms with van der Waals surface area (Å²) in [6.07, 6.45) is 0.